The summed E-state index contributed by atoms with van der Waals surface area (Å²) in [5, 5.41) is 3.16. The van der Waals surface area contributed by atoms with E-state index in [0.29, 0.717) is 10.6 Å². The fraction of sp³-hybridized carbons (Fsp3) is 0.471. The second-order valence-corrected chi connectivity index (χ2v) is 6.08. The zero-order chi connectivity index (χ0) is 16.7. The highest BCUT2D eigenvalue weighted by Crippen LogP contribution is 2.12. The van der Waals surface area contributed by atoms with E-state index in [4.69, 9.17) is 11.6 Å². The van der Waals surface area contributed by atoms with E-state index in [9.17, 15) is 14.4 Å². The van der Waals surface area contributed by atoms with Crippen molar-refractivity contribution in [2.45, 2.75) is 32.1 Å². The van der Waals surface area contributed by atoms with Crippen LogP contribution in [-0.4, -0.2) is 42.1 Å². The Labute approximate surface area is 141 Å². The first kappa shape index (κ1) is 17.5. The van der Waals surface area contributed by atoms with Crippen molar-refractivity contribution in [1.29, 1.82) is 0 Å². The molecular formula is C17H21ClN2O3. The fourth-order valence-electron chi connectivity index (χ4n) is 2.52. The van der Waals surface area contributed by atoms with Gasteiger partial charge in [-0.25, -0.2) is 0 Å². The summed E-state index contributed by atoms with van der Waals surface area (Å²) in [6, 6.07) is 6.57. The minimum atomic E-state index is -0.280. The number of halogens is 1. The summed E-state index contributed by atoms with van der Waals surface area (Å²) in [7, 11) is 0. The summed E-state index contributed by atoms with van der Waals surface area (Å²) in [6.45, 7) is 1.54. The molecule has 1 aromatic carbocycles. The Morgan fingerprint density at radius 2 is 1.65 bits per heavy atom. The van der Waals surface area contributed by atoms with Gasteiger partial charge in [0.05, 0.1) is 6.54 Å². The first-order valence-corrected chi connectivity index (χ1v) is 8.27. The molecule has 1 aromatic rings. The molecule has 1 aliphatic rings. The maximum Gasteiger partial charge on any atom is 0.241 e. The first-order chi connectivity index (χ1) is 11.1. The van der Waals surface area contributed by atoms with Gasteiger partial charge in [0.1, 0.15) is 0 Å². The molecule has 1 N–H and O–H groups in total. The van der Waals surface area contributed by atoms with E-state index >= 15 is 0 Å². The number of piperidine rings is 1. The molecule has 5 nitrogen and oxygen atoms in total. The molecule has 6 heteroatoms. The molecular weight excluding hydrogens is 316 g/mol. The molecule has 0 aliphatic carbocycles. The van der Waals surface area contributed by atoms with Gasteiger partial charge in [-0.15, -0.1) is 0 Å². The maximum absolute atomic E-state index is 11.9. The Morgan fingerprint density at radius 3 is 2.30 bits per heavy atom. The number of amides is 2. The zero-order valence-electron chi connectivity index (χ0n) is 13.0. The van der Waals surface area contributed by atoms with Gasteiger partial charge in [-0.2, -0.15) is 0 Å². The van der Waals surface area contributed by atoms with Crippen LogP contribution in [0, 0.1) is 0 Å². The van der Waals surface area contributed by atoms with Gasteiger partial charge < -0.3 is 10.2 Å². The lowest BCUT2D eigenvalue weighted by atomic mass is 10.1. The van der Waals surface area contributed by atoms with E-state index in [1.165, 1.54) is 0 Å². The summed E-state index contributed by atoms with van der Waals surface area (Å²) >= 11 is 5.77. The van der Waals surface area contributed by atoms with E-state index in [0.717, 1.165) is 32.4 Å². The smallest absolute Gasteiger partial charge is 0.241 e. The Morgan fingerprint density at radius 1 is 1.00 bits per heavy atom. The Balaban J connectivity index is 1.69. The number of carbonyl (C=O) groups excluding carboxylic acids is 3. The monoisotopic (exact) mass is 336 g/mol. The summed E-state index contributed by atoms with van der Waals surface area (Å²) in [6.07, 6.45) is 3.40. The summed E-state index contributed by atoms with van der Waals surface area (Å²) < 4.78 is 0. The van der Waals surface area contributed by atoms with Crippen LogP contribution in [0.25, 0.3) is 0 Å². The van der Waals surface area contributed by atoms with E-state index in [1.807, 2.05) is 0 Å². The number of ketones is 1. The molecule has 1 aliphatic heterocycles. The van der Waals surface area contributed by atoms with Gasteiger partial charge >= 0.3 is 0 Å². The summed E-state index contributed by atoms with van der Waals surface area (Å²) in [5.74, 6) is -0.445. The van der Waals surface area contributed by atoms with Crippen molar-refractivity contribution in [2.75, 3.05) is 19.6 Å². The van der Waals surface area contributed by atoms with Crippen LogP contribution in [0.3, 0.4) is 0 Å². The van der Waals surface area contributed by atoms with Crippen LogP contribution >= 0.6 is 11.6 Å². The molecule has 1 fully saturated rings. The summed E-state index contributed by atoms with van der Waals surface area (Å²) in [4.78, 5) is 37.4. The van der Waals surface area contributed by atoms with E-state index in [1.54, 1.807) is 29.2 Å². The average Bonchev–Trinajstić information content (AvgIpc) is 2.59. The van der Waals surface area contributed by atoms with Gasteiger partial charge in [0, 0.05) is 36.5 Å². The molecule has 23 heavy (non-hydrogen) atoms. The zero-order valence-corrected chi connectivity index (χ0v) is 13.8. The lowest BCUT2D eigenvalue weighted by molar-refractivity contribution is -0.133. The summed E-state index contributed by atoms with van der Waals surface area (Å²) in [5.41, 5.74) is 0.534. The molecule has 2 amide bonds. The van der Waals surface area contributed by atoms with E-state index in [2.05, 4.69) is 5.32 Å². The molecule has 0 spiro atoms. The third kappa shape index (κ3) is 5.67. The maximum atomic E-state index is 11.9. The van der Waals surface area contributed by atoms with Crippen LogP contribution in [0.4, 0.5) is 0 Å². The number of Topliss-reactive ketones (excluding diaryl/α,β-unsaturated/α-hetero) is 1. The highest BCUT2D eigenvalue weighted by molar-refractivity contribution is 6.30. The minimum absolute atomic E-state index is 0.00791. The Kier molecular flexibility index (Phi) is 6.59. The van der Waals surface area contributed by atoms with Crippen molar-refractivity contribution in [3.63, 3.8) is 0 Å². The topological polar surface area (TPSA) is 66.5 Å². The molecule has 124 valence electrons. The molecule has 0 bridgehead atoms. The first-order valence-electron chi connectivity index (χ1n) is 7.89. The third-order valence-electron chi connectivity index (χ3n) is 3.89. The Bertz CT molecular complexity index is 566. The SMILES string of the molecule is O=C(CCC(=O)c1ccc(Cl)cc1)NCC(=O)N1CCCCC1. The second-order valence-electron chi connectivity index (χ2n) is 5.65. The van der Waals surface area contributed by atoms with Crippen molar-refractivity contribution in [3.05, 3.63) is 34.9 Å². The quantitative estimate of drug-likeness (QED) is 0.811. The standard InChI is InChI=1S/C17H21ClN2O3/c18-14-6-4-13(5-7-14)15(21)8-9-16(22)19-12-17(23)20-10-2-1-3-11-20/h4-7H,1-3,8-12H2,(H,19,22). The minimum Gasteiger partial charge on any atom is -0.347 e. The number of nitrogens with zero attached hydrogens (tertiary/aromatic N) is 1. The van der Waals surface area contributed by atoms with E-state index < -0.39 is 0 Å². The lowest BCUT2D eigenvalue weighted by Crippen LogP contribution is -2.42. The molecule has 1 heterocycles. The predicted molar refractivity (Wildman–Crippen MR) is 88.5 cm³/mol. The van der Waals surface area contributed by atoms with Gasteiger partial charge in [0.25, 0.3) is 0 Å². The molecule has 0 aromatic heterocycles. The van der Waals surface area contributed by atoms with Crippen molar-refractivity contribution >= 4 is 29.2 Å². The number of likely N-dealkylation sites (tertiary alicyclic amines) is 1. The molecule has 2 rings (SSSR count). The van der Waals surface area contributed by atoms with Gasteiger partial charge in [-0.3, -0.25) is 14.4 Å². The number of benzene rings is 1. The fourth-order valence-corrected chi connectivity index (χ4v) is 2.65. The molecule has 0 radical (unpaired) electrons. The molecule has 0 saturated carbocycles. The van der Waals surface area contributed by atoms with E-state index in [-0.39, 0.29) is 37.0 Å². The number of hydrogen-bond donors (Lipinski definition) is 1. The van der Waals surface area contributed by atoms with Gasteiger partial charge in [-0.1, -0.05) is 11.6 Å². The molecule has 0 unspecified atom stereocenters. The van der Waals surface area contributed by atoms with Crippen LogP contribution < -0.4 is 5.32 Å². The van der Waals surface area contributed by atoms with Crippen LogP contribution in [0.15, 0.2) is 24.3 Å². The number of nitrogens with one attached hydrogen (secondary N) is 1. The van der Waals surface area contributed by atoms with Crippen molar-refractivity contribution in [2.24, 2.45) is 0 Å². The average molecular weight is 337 g/mol. The normalized spacial score (nSPS) is 14.4. The van der Waals surface area contributed by atoms with Gasteiger partial charge in [0.2, 0.25) is 11.8 Å². The lowest BCUT2D eigenvalue weighted by Gasteiger charge is -2.26. The Hall–Kier alpha value is -1.88. The highest BCUT2D eigenvalue weighted by Gasteiger charge is 2.17. The number of carbonyl (C=O) groups is 3. The number of hydrogen-bond acceptors (Lipinski definition) is 3. The molecule has 0 atom stereocenters. The van der Waals surface area contributed by atoms with Crippen LogP contribution in [0.2, 0.25) is 5.02 Å². The predicted octanol–water partition coefficient (Wildman–Crippen LogP) is 2.43. The van der Waals surface area contributed by atoms with Crippen molar-refractivity contribution in [3.8, 4) is 0 Å². The van der Waals surface area contributed by atoms with Gasteiger partial charge in [-0.05, 0) is 43.5 Å². The third-order valence-corrected chi connectivity index (χ3v) is 4.14. The highest BCUT2D eigenvalue weighted by atomic mass is 35.5. The second kappa shape index (κ2) is 8.67. The molecule has 1 saturated heterocycles. The van der Waals surface area contributed by atoms with Crippen LogP contribution in [0.1, 0.15) is 42.5 Å². The number of rotatable bonds is 6. The van der Waals surface area contributed by atoms with Crippen LogP contribution in [-0.2, 0) is 9.59 Å². The van der Waals surface area contributed by atoms with Crippen molar-refractivity contribution in [1.82, 2.24) is 10.2 Å². The van der Waals surface area contributed by atoms with Crippen LogP contribution in [0.5, 0.6) is 0 Å². The largest absolute Gasteiger partial charge is 0.347 e. The van der Waals surface area contributed by atoms with Crippen molar-refractivity contribution < 1.29 is 14.4 Å². The van der Waals surface area contributed by atoms with Gasteiger partial charge in [0.15, 0.2) is 5.78 Å².